The Morgan fingerprint density at radius 3 is 2.38 bits per heavy atom. The fourth-order valence-electron chi connectivity index (χ4n) is 2.31. The van der Waals surface area contributed by atoms with E-state index in [1.165, 1.54) is 0 Å². The average molecular weight is 349 g/mol. The van der Waals surface area contributed by atoms with Gasteiger partial charge in [0.25, 0.3) is 0 Å². The highest BCUT2D eigenvalue weighted by Crippen LogP contribution is 2.42. The Kier molecular flexibility index (Phi) is 5.55. The van der Waals surface area contributed by atoms with Gasteiger partial charge >= 0.3 is 5.97 Å². The minimum absolute atomic E-state index is 0.0781. The molecule has 2 atom stereocenters. The molecule has 132 valence electrons. The predicted molar refractivity (Wildman–Crippen MR) is 97.1 cm³/mol. The summed E-state index contributed by atoms with van der Waals surface area (Å²) in [5.41, 5.74) is 0.997. The van der Waals surface area contributed by atoms with Gasteiger partial charge in [-0.25, -0.2) is 4.79 Å². The lowest BCUT2D eigenvalue weighted by molar-refractivity contribution is -0.143. The van der Waals surface area contributed by atoms with Gasteiger partial charge in [-0.05, 0) is 36.7 Å². The minimum atomic E-state index is -2.00. The van der Waals surface area contributed by atoms with Gasteiger partial charge in [0, 0.05) is 0 Å². The van der Waals surface area contributed by atoms with Crippen LogP contribution in [-0.2, 0) is 18.7 Å². The second kappa shape index (κ2) is 7.11. The number of rotatable bonds is 5. The van der Waals surface area contributed by atoms with Crippen LogP contribution in [-0.4, -0.2) is 27.0 Å². The topological polar surface area (TPSA) is 44.8 Å². The molecule has 0 N–H and O–H groups in total. The van der Waals surface area contributed by atoms with Gasteiger partial charge in [-0.1, -0.05) is 51.1 Å². The molecular weight excluding hydrogens is 320 g/mol. The summed E-state index contributed by atoms with van der Waals surface area (Å²) in [5, 5.41) is 0.0781. The van der Waals surface area contributed by atoms with Crippen LogP contribution in [0.4, 0.5) is 0 Å². The molecule has 1 aromatic rings. The molecule has 0 amide bonds. The van der Waals surface area contributed by atoms with Crippen LogP contribution < -0.4 is 0 Å². The molecule has 0 unspecified atom stereocenters. The first-order chi connectivity index (χ1) is 11.2. The van der Waals surface area contributed by atoms with Gasteiger partial charge in [-0.15, -0.1) is 0 Å². The van der Waals surface area contributed by atoms with Crippen molar-refractivity contribution in [3.63, 3.8) is 0 Å². The highest BCUT2D eigenvalue weighted by atomic mass is 28.4. The van der Waals surface area contributed by atoms with Crippen LogP contribution in [0.25, 0.3) is 0 Å². The number of benzene rings is 1. The molecule has 1 aromatic carbocycles. The molecule has 1 aliphatic rings. The lowest BCUT2D eigenvalue weighted by atomic mass is 10.1. The molecule has 0 aromatic heterocycles. The van der Waals surface area contributed by atoms with Gasteiger partial charge in [-0.3, -0.25) is 0 Å². The first-order valence-corrected chi connectivity index (χ1v) is 11.3. The summed E-state index contributed by atoms with van der Waals surface area (Å²) >= 11 is 0. The summed E-state index contributed by atoms with van der Waals surface area (Å²) in [5.74, 6) is -0.186. The highest BCUT2D eigenvalue weighted by Gasteiger charge is 2.44. The largest absolute Gasteiger partial charge is 0.475 e. The zero-order valence-electron chi connectivity index (χ0n) is 15.5. The van der Waals surface area contributed by atoms with Gasteiger partial charge in [0.1, 0.15) is 6.10 Å². The van der Waals surface area contributed by atoms with E-state index in [4.69, 9.17) is 13.9 Å². The molecule has 0 saturated carbocycles. The van der Waals surface area contributed by atoms with Crippen molar-refractivity contribution in [3.05, 3.63) is 47.7 Å². The fourth-order valence-corrected chi connectivity index (χ4v) is 3.54. The van der Waals surface area contributed by atoms with Crippen molar-refractivity contribution in [3.8, 4) is 0 Å². The Balaban J connectivity index is 2.29. The summed E-state index contributed by atoms with van der Waals surface area (Å²) in [6, 6.07) is 9.87. The monoisotopic (exact) mass is 348 g/mol. The molecule has 5 heteroatoms. The van der Waals surface area contributed by atoms with Crippen molar-refractivity contribution in [2.75, 3.05) is 6.61 Å². The number of ether oxygens (including phenoxy) is 2. The molecule has 2 rings (SSSR count). The number of hydrogen-bond donors (Lipinski definition) is 0. The second-order valence-corrected chi connectivity index (χ2v) is 12.3. The van der Waals surface area contributed by atoms with Crippen LogP contribution in [0.3, 0.4) is 0 Å². The third-order valence-corrected chi connectivity index (χ3v) is 9.18. The molecule has 24 heavy (non-hydrogen) atoms. The third-order valence-electron chi connectivity index (χ3n) is 4.71. The van der Waals surface area contributed by atoms with Crippen LogP contribution in [0.5, 0.6) is 0 Å². The van der Waals surface area contributed by atoms with Gasteiger partial charge in [0.2, 0.25) is 5.76 Å². The van der Waals surface area contributed by atoms with Crippen molar-refractivity contribution in [1.82, 2.24) is 0 Å². The SMILES string of the molecule is CCOC(=O)C1=C[C@H](O[Si](C)(C)C(C)(C)C)[C@@H](c2ccccc2)O1. The number of hydrogen-bond acceptors (Lipinski definition) is 4. The molecule has 0 radical (unpaired) electrons. The van der Waals surface area contributed by atoms with Gasteiger partial charge in [0.05, 0.1) is 6.61 Å². The Morgan fingerprint density at radius 2 is 1.83 bits per heavy atom. The van der Waals surface area contributed by atoms with Gasteiger partial charge in [-0.2, -0.15) is 0 Å². The van der Waals surface area contributed by atoms with E-state index in [9.17, 15) is 4.79 Å². The molecule has 0 bridgehead atoms. The molecule has 1 heterocycles. The molecular formula is C19H28O4Si. The molecule has 0 fully saturated rings. The third kappa shape index (κ3) is 4.08. The zero-order chi connectivity index (χ0) is 18.0. The van der Waals surface area contributed by atoms with E-state index in [0.29, 0.717) is 6.61 Å². The van der Waals surface area contributed by atoms with Crippen molar-refractivity contribution >= 4 is 14.3 Å². The maximum absolute atomic E-state index is 12.1. The number of carbonyl (C=O) groups excluding carboxylic acids is 1. The first-order valence-electron chi connectivity index (χ1n) is 8.44. The standard InChI is InChI=1S/C19H28O4Si/c1-7-21-18(20)16-13-15(23-24(5,6)19(2,3)4)17(22-16)14-11-9-8-10-12-14/h8-13,15,17H,7H2,1-6H3/t15-,17+/m0/s1. The van der Waals surface area contributed by atoms with Crippen molar-refractivity contribution in [2.45, 2.75) is 58.0 Å². The van der Waals surface area contributed by atoms with E-state index in [2.05, 4.69) is 33.9 Å². The Bertz CT molecular complexity index is 602. The normalized spacial score (nSPS) is 21.2. The average Bonchev–Trinajstić information content (AvgIpc) is 2.90. The Labute approximate surface area is 145 Å². The molecule has 0 spiro atoms. The lowest BCUT2D eigenvalue weighted by Crippen LogP contribution is -2.44. The number of carbonyl (C=O) groups is 1. The van der Waals surface area contributed by atoms with Crippen LogP contribution in [0.1, 0.15) is 39.4 Å². The zero-order valence-corrected chi connectivity index (χ0v) is 16.5. The quantitative estimate of drug-likeness (QED) is 0.576. The smallest absolute Gasteiger partial charge is 0.373 e. The molecule has 1 aliphatic heterocycles. The van der Waals surface area contributed by atoms with E-state index in [1.807, 2.05) is 30.3 Å². The molecule has 0 saturated heterocycles. The van der Waals surface area contributed by atoms with Crippen LogP contribution >= 0.6 is 0 Å². The Hall–Kier alpha value is -1.59. The van der Waals surface area contributed by atoms with Crippen molar-refractivity contribution in [1.29, 1.82) is 0 Å². The predicted octanol–water partition coefficient (Wildman–Crippen LogP) is 4.60. The van der Waals surface area contributed by atoms with E-state index < -0.39 is 14.3 Å². The maximum Gasteiger partial charge on any atom is 0.373 e. The Morgan fingerprint density at radius 1 is 1.21 bits per heavy atom. The lowest BCUT2D eigenvalue weighted by Gasteiger charge is -2.39. The van der Waals surface area contributed by atoms with Crippen LogP contribution in [0, 0.1) is 0 Å². The van der Waals surface area contributed by atoms with E-state index >= 15 is 0 Å². The highest BCUT2D eigenvalue weighted by molar-refractivity contribution is 6.74. The van der Waals surface area contributed by atoms with E-state index in [0.717, 1.165) is 5.56 Å². The fraction of sp³-hybridized carbons (Fsp3) is 0.526. The summed E-state index contributed by atoms with van der Waals surface area (Å²) in [6.07, 6.45) is 1.17. The minimum Gasteiger partial charge on any atom is -0.475 e. The maximum atomic E-state index is 12.1. The van der Waals surface area contributed by atoms with Crippen molar-refractivity contribution < 1.29 is 18.7 Å². The van der Waals surface area contributed by atoms with Gasteiger partial charge in [0.15, 0.2) is 14.4 Å². The van der Waals surface area contributed by atoms with Crippen LogP contribution in [0.2, 0.25) is 18.1 Å². The van der Waals surface area contributed by atoms with Gasteiger partial charge < -0.3 is 13.9 Å². The summed E-state index contributed by atoms with van der Waals surface area (Å²) in [6.45, 7) is 13.1. The van der Waals surface area contributed by atoms with E-state index in [-0.39, 0.29) is 23.0 Å². The summed E-state index contributed by atoms with van der Waals surface area (Å²) in [4.78, 5) is 12.1. The second-order valence-electron chi connectivity index (χ2n) is 7.54. The number of esters is 1. The molecule has 4 nitrogen and oxygen atoms in total. The first kappa shape index (κ1) is 18.7. The molecule has 0 aliphatic carbocycles. The summed E-state index contributed by atoms with van der Waals surface area (Å²) < 4.78 is 17.5. The van der Waals surface area contributed by atoms with Crippen LogP contribution in [0.15, 0.2) is 42.2 Å². The van der Waals surface area contributed by atoms with Crippen molar-refractivity contribution in [2.24, 2.45) is 0 Å². The summed E-state index contributed by atoms with van der Waals surface area (Å²) in [7, 11) is -2.00. The van der Waals surface area contributed by atoms with E-state index in [1.54, 1.807) is 13.0 Å².